The number of carbonyl (C=O) groups is 1. The number of carbonyl (C=O) groups excluding carboxylic acids is 1. The zero-order chi connectivity index (χ0) is 14.9. The van der Waals surface area contributed by atoms with E-state index in [0.29, 0.717) is 18.2 Å². The predicted octanol–water partition coefficient (Wildman–Crippen LogP) is 2.36. The first-order chi connectivity index (χ1) is 10.1. The third kappa shape index (κ3) is 3.84. The van der Waals surface area contributed by atoms with Gasteiger partial charge in [0.05, 0.1) is 5.60 Å². The van der Waals surface area contributed by atoms with Crippen LogP contribution in [0.3, 0.4) is 0 Å². The lowest BCUT2D eigenvalue weighted by molar-refractivity contribution is 0.0700. The zero-order valence-corrected chi connectivity index (χ0v) is 13.2. The minimum Gasteiger partial charge on any atom is -0.387 e. The maximum Gasteiger partial charge on any atom is 0.315 e. The molecule has 2 aliphatic rings. The van der Waals surface area contributed by atoms with E-state index in [1.807, 2.05) is 24.3 Å². The fraction of sp³-hybridized carbons (Fsp3) is 0.533. The molecule has 3 atom stereocenters. The molecule has 0 radical (unpaired) electrons. The van der Waals surface area contributed by atoms with Crippen LogP contribution in [0, 0.1) is 0 Å². The van der Waals surface area contributed by atoms with Gasteiger partial charge in [0.2, 0.25) is 0 Å². The van der Waals surface area contributed by atoms with Crippen LogP contribution < -0.4 is 10.6 Å². The fourth-order valence-electron chi connectivity index (χ4n) is 2.66. The molecule has 1 aliphatic carbocycles. The third-order valence-corrected chi connectivity index (χ3v) is 5.51. The maximum atomic E-state index is 11.9. The maximum absolute atomic E-state index is 11.9. The van der Waals surface area contributed by atoms with Gasteiger partial charge in [-0.25, -0.2) is 4.79 Å². The van der Waals surface area contributed by atoms with Crippen molar-refractivity contribution in [2.75, 3.05) is 18.1 Å². The van der Waals surface area contributed by atoms with Crippen molar-refractivity contribution in [2.24, 2.45) is 0 Å². The van der Waals surface area contributed by atoms with Crippen LogP contribution in [0.5, 0.6) is 0 Å². The molecule has 3 rings (SSSR count). The highest BCUT2D eigenvalue weighted by atomic mass is 35.5. The summed E-state index contributed by atoms with van der Waals surface area (Å²) < 4.78 is 0. The first-order valence-electron chi connectivity index (χ1n) is 7.16. The van der Waals surface area contributed by atoms with Crippen molar-refractivity contribution in [3.05, 3.63) is 34.9 Å². The molecule has 1 aromatic rings. The van der Waals surface area contributed by atoms with Crippen LogP contribution in [0.15, 0.2) is 24.3 Å². The average molecular weight is 327 g/mol. The van der Waals surface area contributed by atoms with E-state index in [-0.39, 0.29) is 12.1 Å². The number of nitrogens with one attached hydrogen (secondary N) is 2. The van der Waals surface area contributed by atoms with E-state index >= 15 is 0 Å². The highest BCUT2D eigenvalue weighted by Crippen LogP contribution is 2.41. The van der Waals surface area contributed by atoms with Crippen LogP contribution in [0.1, 0.15) is 24.3 Å². The first kappa shape index (κ1) is 15.0. The van der Waals surface area contributed by atoms with Crippen LogP contribution in [-0.2, 0) is 0 Å². The Labute approximate surface area is 133 Å². The Morgan fingerprint density at radius 1 is 1.52 bits per heavy atom. The third-order valence-electron chi connectivity index (χ3n) is 4.04. The molecule has 0 aromatic heterocycles. The first-order valence-corrected chi connectivity index (χ1v) is 8.69. The molecule has 4 nitrogen and oxygen atoms in total. The smallest absolute Gasteiger partial charge is 0.315 e. The molecular formula is C15H19ClN2O2S. The molecule has 1 saturated heterocycles. The van der Waals surface area contributed by atoms with Gasteiger partial charge in [0.15, 0.2) is 0 Å². The van der Waals surface area contributed by atoms with Crippen molar-refractivity contribution in [1.29, 1.82) is 0 Å². The summed E-state index contributed by atoms with van der Waals surface area (Å²) in [5.74, 6) is 2.00. The summed E-state index contributed by atoms with van der Waals surface area (Å²) in [6, 6.07) is 7.73. The standard InChI is InChI=1S/C15H19ClN2O2S/c16-11-3-1-2-10(6-11)12-7-13(12)18-14(19)17-8-15(20)4-5-21-9-15/h1-3,6,12-13,20H,4-5,7-9H2,(H2,17,18,19)/t12-,13-,15+/m0/s1. The summed E-state index contributed by atoms with van der Waals surface area (Å²) in [6.45, 7) is 0.320. The summed E-state index contributed by atoms with van der Waals surface area (Å²) in [5.41, 5.74) is 0.427. The van der Waals surface area contributed by atoms with Gasteiger partial charge >= 0.3 is 6.03 Å². The molecular weight excluding hydrogens is 308 g/mol. The van der Waals surface area contributed by atoms with E-state index in [1.165, 1.54) is 5.56 Å². The van der Waals surface area contributed by atoms with E-state index in [0.717, 1.165) is 23.6 Å². The molecule has 0 spiro atoms. The summed E-state index contributed by atoms with van der Waals surface area (Å²) in [7, 11) is 0. The predicted molar refractivity (Wildman–Crippen MR) is 86.0 cm³/mol. The van der Waals surface area contributed by atoms with E-state index < -0.39 is 5.60 Å². The lowest BCUT2D eigenvalue weighted by Crippen LogP contribution is -2.47. The number of hydrogen-bond acceptors (Lipinski definition) is 3. The molecule has 6 heteroatoms. The van der Waals surface area contributed by atoms with Crippen molar-refractivity contribution in [3.8, 4) is 0 Å². The number of urea groups is 1. The van der Waals surface area contributed by atoms with Crippen LogP contribution in [0.4, 0.5) is 4.79 Å². The van der Waals surface area contributed by atoms with Gasteiger partial charge in [-0.2, -0.15) is 11.8 Å². The van der Waals surface area contributed by atoms with E-state index in [9.17, 15) is 9.90 Å². The van der Waals surface area contributed by atoms with Gasteiger partial charge in [-0.1, -0.05) is 23.7 Å². The molecule has 2 amide bonds. The Balaban J connectivity index is 1.44. The van der Waals surface area contributed by atoms with E-state index in [1.54, 1.807) is 11.8 Å². The SMILES string of the molecule is O=C(NC[C@]1(O)CCSC1)N[C@H]1C[C@H]1c1cccc(Cl)c1. The number of halogens is 1. The van der Waals surface area contributed by atoms with E-state index in [4.69, 9.17) is 11.6 Å². The summed E-state index contributed by atoms with van der Waals surface area (Å²) in [5, 5.41) is 16.6. The van der Waals surface area contributed by atoms with Crippen molar-refractivity contribution in [3.63, 3.8) is 0 Å². The van der Waals surface area contributed by atoms with Crippen molar-refractivity contribution < 1.29 is 9.90 Å². The molecule has 1 saturated carbocycles. The second kappa shape index (κ2) is 6.07. The highest BCUT2D eigenvalue weighted by molar-refractivity contribution is 7.99. The minimum absolute atomic E-state index is 0.163. The Morgan fingerprint density at radius 2 is 2.38 bits per heavy atom. The number of rotatable bonds is 4. The molecule has 0 unspecified atom stereocenters. The fourth-order valence-corrected chi connectivity index (χ4v) is 4.15. The lowest BCUT2D eigenvalue weighted by atomic mass is 10.0. The van der Waals surface area contributed by atoms with Crippen LogP contribution >= 0.6 is 23.4 Å². The molecule has 1 heterocycles. The normalized spacial score (nSPS) is 31.0. The van der Waals surface area contributed by atoms with Gasteiger partial charge in [0, 0.05) is 29.3 Å². The van der Waals surface area contributed by atoms with Gasteiger partial charge in [0.1, 0.15) is 0 Å². The largest absolute Gasteiger partial charge is 0.387 e. The Hall–Kier alpha value is -0.910. The van der Waals surface area contributed by atoms with Gasteiger partial charge in [-0.05, 0) is 36.3 Å². The lowest BCUT2D eigenvalue weighted by Gasteiger charge is -2.21. The molecule has 1 aliphatic heterocycles. The Kier molecular flexibility index (Phi) is 4.33. The van der Waals surface area contributed by atoms with Crippen molar-refractivity contribution in [2.45, 2.75) is 30.4 Å². The topological polar surface area (TPSA) is 61.4 Å². The minimum atomic E-state index is -0.738. The average Bonchev–Trinajstić information content (AvgIpc) is 3.08. The molecule has 3 N–H and O–H groups in total. The second-order valence-electron chi connectivity index (χ2n) is 5.86. The van der Waals surface area contributed by atoms with Crippen LogP contribution in [0.2, 0.25) is 5.02 Å². The number of hydrogen-bond donors (Lipinski definition) is 3. The van der Waals surface area contributed by atoms with Crippen LogP contribution in [0.25, 0.3) is 0 Å². The zero-order valence-electron chi connectivity index (χ0n) is 11.6. The Bertz CT molecular complexity index is 534. The van der Waals surface area contributed by atoms with Crippen molar-refractivity contribution >= 4 is 29.4 Å². The van der Waals surface area contributed by atoms with Gasteiger partial charge in [-0.3, -0.25) is 0 Å². The van der Waals surface area contributed by atoms with Crippen LogP contribution in [-0.4, -0.2) is 40.8 Å². The summed E-state index contributed by atoms with van der Waals surface area (Å²) in [6.07, 6.45) is 1.68. The summed E-state index contributed by atoms with van der Waals surface area (Å²) in [4.78, 5) is 11.9. The number of amides is 2. The number of thioether (sulfide) groups is 1. The second-order valence-corrected chi connectivity index (χ2v) is 7.40. The van der Waals surface area contributed by atoms with E-state index in [2.05, 4.69) is 10.6 Å². The van der Waals surface area contributed by atoms with Gasteiger partial charge in [0.25, 0.3) is 0 Å². The molecule has 114 valence electrons. The van der Waals surface area contributed by atoms with Gasteiger partial charge < -0.3 is 15.7 Å². The molecule has 0 bridgehead atoms. The monoisotopic (exact) mass is 326 g/mol. The van der Waals surface area contributed by atoms with Gasteiger partial charge in [-0.15, -0.1) is 0 Å². The highest BCUT2D eigenvalue weighted by Gasteiger charge is 2.40. The number of benzene rings is 1. The molecule has 1 aromatic carbocycles. The summed E-state index contributed by atoms with van der Waals surface area (Å²) >= 11 is 7.70. The quantitative estimate of drug-likeness (QED) is 0.796. The molecule has 21 heavy (non-hydrogen) atoms. The Morgan fingerprint density at radius 3 is 3.10 bits per heavy atom. The van der Waals surface area contributed by atoms with Crippen molar-refractivity contribution in [1.82, 2.24) is 10.6 Å². The number of aliphatic hydroxyl groups is 1. The molecule has 2 fully saturated rings.